The van der Waals surface area contributed by atoms with Gasteiger partial charge in [-0.05, 0) is 112 Å². The molecule has 0 aromatic heterocycles. The van der Waals surface area contributed by atoms with Crippen molar-refractivity contribution >= 4 is 0 Å². The first kappa shape index (κ1) is 25.8. The molecule has 0 aromatic rings. The predicted octanol–water partition coefficient (Wildman–Crippen LogP) is 5.07. The van der Waals surface area contributed by atoms with Gasteiger partial charge in [0.15, 0.2) is 6.29 Å². The van der Waals surface area contributed by atoms with Gasteiger partial charge in [0.25, 0.3) is 0 Å². The van der Waals surface area contributed by atoms with E-state index in [4.69, 9.17) is 9.47 Å². The average molecular weight is 503 g/mol. The second kappa shape index (κ2) is 8.03. The smallest absolute Gasteiger partial charge is 0.166 e. The number of aliphatic hydroxyl groups is 3. The van der Waals surface area contributed by atoms with Gasteiger partial charge in [0.05, 0.1) is 24.2 Å². The van der Waals surface area contributed by atoms with Crippen LogP contribution in [0.4, 0.5) is 0 Å². The maximum Gasteiger partial charge on any atom is 0.166 e. The number of fused-ring (bicyclic) bond motifs is 2. The summed E-state index contributed by atoms with van der Waals surface area (Å²) in [5.74, 6) is 2.12. The van der Waals surface area contributed by atoms with E-state index < -0.39 is 11.5 Å². The van der Waals surface area contributed by atoms with Crippen molar-refractivity contribution in [1.29, 1.82) is 0 Å². The maximum atomic E-state index is 11.7. The molecule has 2 spiro atoms. The van der Waals surface area contributed by atoms with Crippen molar-refractivity contribution in [3.05, 3.63) is 11.6 Å². The zero-order valence-electron chi connectivity index (χ0n) is 23.4. The molecule has 1 saturated heterocycles. The molecule has 0 amide bonds. The third kappa shape index (κ3) is 2.91. The minimum atomic E-state index is -0.561. The maximum absolute atomic E-state index is 11.7. The summed E-state index contributed by atoms with van der Waals surface area (Å²) in [6.45, 7) is 11.2. The Kier molecular flexibility index (Phi) is 5.76. The van der Waals surface area contributed by atoms with Gasteiger partial charge in [0.1, 0.15) is 6.10 Å². The molecule has 0 unspecified atom stereocenters. The molecular weight excluding hydrogens is 452 g/mol. The van der Waals surface area contributed by atoms with Crippen LogP contribution in [-0.4, -0.2) is 53.6 Å². The fourth-order valence-electron chi connectivity index (χ4n) is 11.9. The molecule has 5 nitrogen and oxygen atoms in total. The van der Waals surface area contributed by atoms with E-state index in [-0.39, 0.29) is 35.9 Å². The second-order valence-electron chi connectivity index (χ2n) is 14.9. The Bertz CT molecular complexity index is 930. The summed E-state index contributed by atoms with van der Waals surface area (Å²) in [7, 11) is 1.73. The van der Waals surface area contributed by atoms with Crippen LogP contribution in [0.1, 0.15) is 92.4 Å². The number of allylic oxidation sites excluding steroid dienone is 1. The highest BCUT2D eigenvalue weighted by Gasteiger charge is 2.81. The molecule has 13 atom stereocenters. The van der Waals surface area contributed by atoms with Gasteiger partial charge in [-0.3, -0.25) is 0 Å². The summed E-state index contributed by atoms with van der Waals surface area (Å²) < 4.78 is 12.3. The first-order chi connectivity index (χ1) is 16.9. The topological polar surface area (TPSA) is 79.2 Å². The van der Waals surface area contributed by atoms with Gasteiger partial charge in [-0.1, -0.05) is 32.4 Å². The van der Waals surface area contributed by atoms with E-state index in [1.54, 1.807) is 7.11 Å². The van der Waals surface area contributed by atoms with Crippen LogP contribution >= 0.6 is 0 Å². The van der Waals surface area contributed by atoms with Crippen molar-refractivity contribution in [3.8, 4) is 0 Å². The van der Waals surface area contributed by atoms with Gasteiger partial charge in [-0.25, -0.2) is 0 Å². The number of methoxy groups -OCH3 is 1. The Balaban J connectivity index is 1.31. The summed E-state index contributed by atoms with van der Waals surface area (Å²) in [5.41, 5.74) is 1.39. The lowest BCUT2D eigenvalue weighted by Crippen LogP contribution is -2.57. The molecule has 1 heterocycles. The monoisotopic (exact) mass is 502 g/mol. The van der Waals surface area contributed by atoms with E-state index >= 15 is 0 Å². The largest absolute Gasteiger partial charge is 0.396 e. The van der Waals surface area contributed by atoms with Crippen molar-refractivity contribution in [1.82, 2.24) is 0 Å². The van der Waals surface area contributed by atoms with Crippen molar-refractivity contribution in [2.75, 3.05) is 13.7 Å². The lowest BCUT2D eigenvalue weighted by atomic mass is 9.44. The Morgan fingerprint density at radius 3 is 2.22 bits per heavy atom. The summed E-state index contributed by atoms with van der Waals surface area (Å²) >= 11 is 0. The number of hydrogen-bond acceptors (Lipinski definition) is 5. The van der Waals surface area contributed by atoms with Crippen molar-refractivity contribution in [3.63, 3.8) is 0 Å². The first-order valence-electron chi connectivity index (χ1n) is 14.7. The number of hydrogen-bond donors (Lipinski definition) is 3. The Hall–Kier alpha value is -0.460. The fraction of sp³-hybridized carbons (Fsp3) is 0.935. The van der Waals surface area contributed by atoms with Gasteiger partial charge in [-0.15, -0.1) is 0 Å². The van der Waals surface area contributed by atoms with Crippen LogP contribution in [0.2, 0.25) is 0 Å². The van der Waals surface area contributed by atoms with Crippen molar-refractivity contribution in [2.24, 2.45) is 50.7 Å². The zero-order valence-corrected chi connectivity index (χ0v) is 23.4. The van der Waals surface area contributed by atoms with E-state index in [0.29, 0.717) is 34.5 Å². The first-order valence-corrected chi connectivity index (χ1v) is 14.7. The van der Waals surface area contributed by atoms with Gasteiger partial charge in [0.2, 0.25) is 0 Å². The zero-order chi connectivity index (χ0) is 25.9. The van der Waals surface area contributed by atoms with Gasteiger partial charge in [0, 0.05) is 12.5 Å². The molecule has 5 heteroatoms. The Morgan fingerprint density at radius 1 is 0.917 bits per heavy atom. The molecule has 0 radical (unpaired) electrons. The summed E-state index contributed by atoms with van der Waals surface area (Å²) in [6, 6.07) is 0. The third-order valence-corrected chi connectivity index (χ3v) is 13.6. The quantitative estimate of drug-likeness (QED) is 0.468. The van der Waals surface area contributed by atoms with Crippen LogP contribution in [0.3, 0.4) is 0 Å². The van der Waals surface area contributed by atoms with Gasteiger partial charge < -0.3 is 24.8 Å². The Morgan fingerprint density at radius 2 is 1.56 bits per heavy atom. The van der Waals surface area contributed by atoms with Crippen LogP contribution in [0, 0.1) is 50.7 Å². The predicted molar refractivity (Wildman–Crippen MR) is 139 cm³/mol. The fourth-order valence-corrected chi connectivity index (χ4v) is 11.9. The van der Waals surface area contributed by atoms with E-state index in [0.717, 1.165) is 31.3 Å². The minimum absolute atomic E-state index is 0.102. The third-order valence-electron chi connectivity index (χ3n) is 13.6. The molecule has 5 aliphatic carbocycles. The average Bonchev–Trinajstić information content (AvgIpc) is 3.28. The van der Waals surface area contributed by atoms with Crippen LogP contribution in [0.5, 0.6) is 0 Å². The molecule has 0 aromatic carbocycles. The molecule has 5 saturated carbocycles. The van der Waals surface area contributed by atoms with Crippen LogP contribution in [0.15, 0.2) is 11.6 Å². The van der Waals surface area contributed by atoms with E-state index in [1.165, 1.54) is 32.1 Å². The van der Waals surface area contributed by atoms with Crippen LogP contribution in [-0.2, 0) is 9.47 Å². The van der Waals surface area contributed by atoms with Crippen molar-refractivity contribution in [2.45, 2.75) is 117 Å². The molecular formula is C31H50O5. The lowest BCUT2D eigenvalue weighted by Gasteiger charge is -2.60. The SMILES string of the molecule is CO[C@@H]1O[C@H](C=C(C)C)[C@@H](O)[C@]1(C)[C@H]1CC[C@]2(C)[C@@H]1CC[C@@]13C[C@@]14CC[C@H](O)[C@](C)(CO)[C@H]4CC[C@@H]23. The molecule has 1 aliphatic heterocycles. The summed E-state index contributed by atoms with van der Waals surface area (Å²) in [5, 5.41) is 33.0. The van der Waals surface area contributed by atoms with Crippen LogP contribution in [0.25, 0.3) is 0 Å². The lowest BCUT2D eigenvalue weighted by molar-refractivity contribution is -0.183. The molecule has 0 bridgehead atoms. The molecule has 3 N–H and O–H groups in total. The highest BCUT2D eigenvalue weighted by molar-refractivity contribution is 5.30. The molecule has 6 rings (SSSR count). The molecule has 36 heavy (non-hydrogen) atoms. The van der Waals surface area contributed by atoms with Gasteiger partial charge >= 0.3 is 0 Å². The van der Waals surface area contributed by atoms with E-state index in [9.17, 15) is 15.3 Å². The molecule has 204 valence electrons. The highest BCUT2D eigenvalue weighted by Crippen LogP contribution is 2.87. The molecule has 6 fully saturated rings. The van der Waals surface area contributed by atoms with Gasteiger partial charge in [-0.2, -0.15) is 0 Å². The minimum Gasteiger partial charge on any atom is -0.396 e. The number of aliphatic hydroxyl groups excluding tert-OH is 3. The standard InChI is InChI=1S/C31H50O5/c1-18(2)15-21-25(34)29(5,26(35-6)36-21)20-9-12-27(3)19(20)10-13-30-16-31(30)14-11-24(33)28(4,17-32)23(31)8-7-22(27)30/h15,19-26,32-34H,7-14,16-17H2,1-6H3/t19-,20+,21-,22+,23-,24+,25-,26-,27-,28-,29+,30+,31-/m1/s1. The summed E-state index contributed by atoms with van der Waals surface area (Å²) in [6.07, 6.45) is 10.9. The summed E-state index contributed by atoms with van der Waals surface area (Å²) in [4.78, 5) is 0. The molecule has 6 aliphatic rings. The number of ether oxygens (including phenoxy) is 2. The highest BCUT2D eigenvalue weighted by atomic mass is 16.7. The van der Waals surface area contributed by atoms with Crippen molar-refractivity contribution < 1.29 is 24.8 Å². The van der Waals surface area contributed by atoms with E-state index in [2.05, 4.69) is 40.7 Å². The number of rotatable bonds is 4. The Labute approximate surface area is 218 Å². The normalized spacial score (nSPS) is 59.5. The van der Waals surface area contributed by atoms with E-state index in [1.807, 2.05) is 0 Å². The van der Waals surface area contributed by atoms with Crippen LogP contribution < -0.4 is 0 Å². The second-order valence-corrected chi connectivity index (χ2v) is 14.9.